The van der Waals surface area contributed by atoms with E-state index in [9.17, 15) is 4.79 Å². The SMILES string of the molecule is Cc1csc(C(=O)Nc2cc3nc(-c4cncn4C)ccc3cn2)n1. The molecule has 0 spiro atoms. The average Bonchev–Trinajstić information content (AvgIpc) is 3.22. The number of imidazole rings is 1. The summed E-state index contributed by atoms with van der Waals surface area (Å²) in [6, 6.07) is 5.64. The molecule has 4 aromatic rings. The number of nitrogens with zero attached hydrogens (tertiary/aromatic N) is 5. The summed E-state index contributed by atoms with van der Waals surface area (Å²) in [5, 5.41) is 5.92. The lowest BCUT2D eigenvalue weighted by atomic mass is 10.2. The number of fused-ring (bicyclic) bond motifs is 1. The van der Waals surface area contributed by atoms with Gasteiger partial charge in [0, 0.05) is 35.8 Å². The molecule has 0 aliphatic carbocycles. The first kappa shape index (κ1) is 15.4. The van der Waals surface area contributed by atoms with Gasteiger partial charge in [-0.3, -0.25) is 4.79 Å². The summed E-state index contributed by atoms with van der Waals surface area (Å²) in [4.78, 5) is 29.5. The third-order valence-corrected chi connectivity index (χ3v) is 4.67. The number of hydrogen-bond acceptors (Lipinski definition) is 6. The Kier molecular flexibility index (Phi) is 3.73. The van der Waals surface area contributed by atoms with Crippen molar-refractivity contribution >= 4 is 34.0 Å². The Morgan fingerprint density at radius 3 is 2.84 bits per heavy atom. The molecular formula is C17H14N6OS. The molecule has 0 atom stereocenters. The Hall–Kier alpha value is -3.13. The van der Waals surface area contributed by atoms with Gasteiger partial charge < -0.3 is 9.88 Å². The molecule has 4 rings (SSSR count). The normalized spacial score (nSPS) is 11.0. The molecular weight excluding hydrogens is 336 g/mol. The van der Waals surface area contributed by atoms with Crippen LogP contribution in [-0.2, 0) is 7.05 Å². The van der Waals surface area contributed by atoms with E-state index in [2.05, 4.69) is 25.3 Å². The zero-order valence-electron chi connectivity index (χ0n) is 13.6. The number of aryl methyl sites for hydroxylation is 2. The summed E-state index contributed by atoms with van der Waals surface area (Å²) in [6.45, 7) is 1.85. The highest BCUT2D eigenvalue weighted by atomic mass is 32.1. The maximum absolute atomic E-state index is 12.2. The summed E-state index contributed by atoms with van der Waals surface area (Å²) < 4.78 is 1.91. The minimum absolute atomic E-state index is 0.271. The van der Waals surface area contributed by atoms with Gasteiger partial charge in [-0.25, -0.2) is 19.9 Å². The van der Waals surface area contributed by atoms with Crippen molar-refractivity contribution in [2.24, 2.45) is 7.05 Å². The van der Waals surface area contributed by atoms with Crippen LogP contribution in [0.15, 0.2) is 42.3 Å². The Balaban J connectivity index is 1.67. The second kappa shape index (κ2) is 6.06. The fraction of sp³-hybridized carbons (Fsp3) is 0.118. The molecule has 0 unspecified atom stereocenters. The van der Waals surface area contributed by atoms with Crippen LogP contribution in [0, 0.1) is 6.92 Å². The standard InChI is InChI=1S/C17H14N6OS/c1-10-8-25-17(20-10)16(24)22-15-5-13-11(6-19-15)3-4-12(21-13)14-7-18-9-23(14)2/h3-9H,1-2H3,(H,19,22,24). The molecule has 124 valence electrons. The molecule has 0 aliphatic rings. The number of amides is 1. The first-order valence-corrected chi connectivity index (χ1v) is 8.45. The highest BCUT2D eigenvalue weighted by Gasteiger charge is 2.12. The van der Waals surface area contributed by atoms with Crippen molar-refractivity contribution in [3.63, 3.8) is 0 Å². The number of aromatic nitrogens is 5. The number of carbonyl (C=O) groups is 1. The van der Waals surface area contributed by atoms with Crippen LogP contribution in [0.3, 0.4) is 0 Å². The van der Waals surface area contributed by atoms with Crippen LogP contribution in [0.25, 0.3) is 22.3 Å². The molecule has 1 N–H and O–H groups in total. The number of thiazole rings is 1. The maximum Gasteiger partial charge on any atom is 0.285 e. The third-order valence-electron chi connectivity index (χ3n) is 3.71. The van der Waals surface area contributed by atoms with Gasteiger partial charge in [-0.15, -0.1) is 11.3 Å². The monoisotopic (exact) mass is 350 g/mol. The number of anilines is 1. The number of pyridine rings is 2. The van der Waals surface area contributed by atoms with E-state index in [0.29, 0.717) is 10.8 Å². The van der Waals surface area contributed by atoms with Crippen LogP contribution in [0.5, 0.6) is 0 Å². The molecule has 0 radical (unpaired) electrons. The van der Waals surface area contributed by atoms with Gasteiger partial charge >= 0.3 is 0 Å². The molecule has 1 amide bonds. The lowest BCUT2D eigenvalue weighted by Gasteiger charge is -2.06. The van der Waals surface area contributed by atoms with Gasteiger partial charge in [0.2, 0.25) is 0 Å². The summed E-state index contributed by atoms with van der Waals surface area (Å²) >= 11 is 1.31. The van der Waals surface area contributed by atoms with Crippen LogP contribution < -0.4 is 5.32 Å². The molecule has 0 fully saturated rings. The van der Waals surface area contributed by atoms with Crippen LogP contribution in [0.4, 0.5) is 5.82 Å². The Morgan fingerprint density at radius 1 is 1.24 bits per heavy atom. The van der Waals surface area contributed by atoms with Gasteiger partial charge in [-0.1, -0.05) is 0 Å². The highest BCUT2D eigenvalue weighted by molar-refractivity contribution is 7.11. The Bertz CT molecular complexity index is 1080. The molecule has 7 nitrogen and oxygen atoms in total. The van der Waals surface area contributed by atoms with Gasteiger partial charge in [0.25, 0.3) is 5.91 Å². The van der Waals surface area contributed by atoms with Gasteiger partial charge in [0.1, 0.15) is 5.82 Å². The number of nitrogens with one attached hydrogen (secondary N) is 1. The third kappa shape index (κ3) is 2.99. The van der Waals surface area contributed by atoms with Crippen LogP contribution in [0.1, 0.15) is 15.5 Å². The van der Waals surface area contributed by atoms with E-state index in [1.54, 1.807) is 24.8 Å². The van der Waals surface area contributed by atoms with Crippen LogP contribution in [0.2, 0.25) is 0 Å². The molecule has 0 bridgehead atoms. The van der Waals surface area contributed by atoms with Crippen molar-refractivity contribution in [3.05, 3.63) is 53.0 Å². The van der Waals surface area contributed by atoms with Crippen molar-refractivity contribution in [1.82, 2.24) is 24.5 Å². The summed E-state index contributed by atoms with van der Waals surface area (Å²) in [6.07, 6.45) is 5.19. The second-order valence-electron chi connectivity index (χ2n) is 5.60. The van der Waals surface area contributed by atoms with Crippen molar-refractivity contribution in [2.45, 2.75) is 6.92 Å². The molecule has 25 heavy (non-hydrogen) atoms. The molecule has 0 saturated heterocycles. The first-order chi connectivity index (χ1) is 12.1. The molecule has 4 heterocycles. The lowest BCUT2D eigenvalue weighted by molar-refractivity contribution is 0.102. The topological polar surface area (TPSA) is 85.6 Å². The van der Waals surface area contributed by atoms with Crippen molar-refractivity contribution < 1.29 is 4.79 Å². The van der Waals surface area contributed by atoms with Gasteiger partial charge in [0.15, 0.2) is 5.01 Å². The van der Waals surface area contributed by atoms with Crippen molar-refractivity contribution in [1.29, 1.82) is 0 Å². The fourth-order valence-corrected chi connectivity index (χ4v) is 3.15. The van der Waals surface area contributed by atoms with Gasteiger partial charge in [-0.2, -0.15) is 0 Å². The largest absolute Gasteiger partial charge is 0.332 e. The van der Waals surface area contributed by atoms with E-state index in [0.717, 1.165) is 28.0 Å². The minimum Gasteiger partial charge on any atom is -0.332 e. The molecule has 8 heteroatoms. The fourth-order valence-electron chi connectivity index (χ4n) is 2.46. The number of hydrogen-bond donors (Lipinski definition) is 1. The minimum atomic E-state index is -0.271. The quantitative estimate of drug-likeness (QED) is 0.614. The zero-order valence-corrected chi connectivity index (χ0v) is 14.4. The van der Waals surface area contributed by atoms with E-state index in [1.807, 2.05) is 36.1 Å². The smallest absolute Gasteiger partial charge is 0.285 e. The summed E-state index contributed by atoms with van der Waals surface area (Å²) in [7, 11) is 1.92. The van der Waals surface area contributed by atoms with E-state index < -0.39 is 0 Å². The van der Waals surface area contributed by atoms with E-state index in [-0.39, 0.29) is 5.91 Å². The van der Waals surface area contributed by atoms with Crippen molar-refractivity contribution in [2.75, 3.05) is 5.32 Å². The predicted molar refractivity (Wildman–Crippen MR) is 96.5 cm³/mol. The second-order valence-corrected chi connectivity index (χ2v) is 6.45. The van der Waals surface area contributed by atoms with Gasteiger partial charge in [0.05, 0.1) is 29.4 Å². The van der Waals surface area contributed by atoms with Crippen LogP contribution >= 0.6 is 11.3 Å². The lowest BCUT2D eigenvalue weighted by Crippen LogP contribution is -2.12. The highest BCUT2D eigenvalue weighted by Crippen LogP contribution is 2.22. The molecule has 0 saturated carbocycles. The zero-order chi connectivity index (χ0) is 17.4. The number of rotatable bonds is 3. The molecule has 0 aromatic carbocycles. The summed E-state index contributed by atoms with van der Waals surface area (Å²) in [5.74, 6) is 0.174. The molecule has 0 aliphatic heterocycles. The van der Waals surface area contributed by atoms with E-state index >= 15 is 0 Å². The summed E-state index contributed by atoms with van der Waals surface area (Å²) in [5.41, 5.74) is 3.30. The predicted octanol–water partition coefficient (Wildman–Crippen LogP) is 3.05. The van der Waals surface area contributed by atoms with Crippen molar-refractivity contribution in [3.8, 4) is 11.4 Å². The van der Waals surface area contributed by atoms with E-state index in [4.69, 9.17) is 0 Å². The van der Waals surface area contributed by atoms with Gasteiger partial charge in [-0.05, 0) is 19.1 Å². The molecule has 4 aromatic heterocycles. The Morgan fingerprint density at radius 2 is 2.12 bits per heavy atom. The maximum atomic E-state index is 12.2. The van der Waals surface area contributed by atoms with Crippen LogP contribution in [-0.4, -0.2) is 30.4 Å². The number of carbonyl (C=O) groups excluding carboxylic acids is 1. The average molecular weight is 350 g/mol. The Labute approximate surface area is 147 Å². The first-order valence-electron chi connectivity index (χ1n) is 7.57. The van der Waals surface area contributed by atoms with E-state index in [1.165, 1.54) is 11.3 Å².